The molecular formula is C21H21N3O5S. The molecule has 0 aliphatic heterocycles. The first-order valence-electron chi connectivity index (χ1n) is 9.27. The number of anilines is 1. The number of carbonyl (C=O) groups excluding carboxylic acids is 1. The molecule has 2 heterocycles. The van der Waals surface area contributed by atoms with Crippen LogP contribution in [0.15, 0.2) is 40.5 Å². The summed E-state index contributed by atoms with van der Waals surface area (Å²) in [6.07, 6.45) is 0.377. The highest BCUT2D eigenvalue weighted by molar-refractivity contribution is 7.14. The molecule has 0 radical (unpaired) electrons. The molecule has 3 aromatic rings. The summed E-state index contributed by atoms with van der Waals surface area (Å²) in [7, 11) is 0. The van der Waals surface area contributed by atoms with Crippen LogP contribution in [0.25, 0.3) is 0 Å². The summed E-state index contributed by atoms with van der Waals surface area (Å²) in [5.41, 5.74) is 2.35. The molecule has 3 N–H and O–H groups in total. The van der Waals surface area contributed by atoms with Gasteiger partial charge in [0.1, 0.15) is 11.3 Å². The number of aromatic nitrogens is 2. The third-order valence-electron chi connectivity index (χ3n) is 4.58. The minimum atomic E-state index is -1.01. The highest BCUT2D eigenvalue weighted by Gasteiger charge is 2.19. The van der Waals surface area contributed by atoms with E-state index in [1.54, 1.807) is 40.3 Å². The van der Waals surface area contributed by atoms with Crippen molar-refractivity contribution in [1.82, 2.24) is 9.55 Å². The molecule has 0 fully saturated rings. The summed E-state index contributed by atoms with van der Waals surface area (Å²) in [6.45, 7) is 4.05. The zero-order valence-corrected chi connectivity index (χ0v) is 17.3. The quantitative estimate of drug-likeness (QED) is 0.533. The van der Waals surface area contributed by atoms with Gasteiger partial charge >= 0.3 is 5.97 Å². The lowest BCUT2D eigenvalue weighted by molar-refractivity contribution is -0.136. The van der Waals surface area contributed by atoms with Gasteiger partial charge in [0.05, 0.1) is 18.7 Å². The van der Waals surface area contributed by atoms with E-state index in [1.165, 1.54) is 0 Å². The van der Waals surface area contributed by atoms with Gasteiger partial charge in [-0.25, -0.2) is 4.98 Å². The Balaban J connectivity index is 1.92. The standard InChI is InChI=1S/C21H21N3O5S/c1-3-17-12(2)8-16(19(28)23-21-22-14(11-30-21)9-18(26)27)20(29)24(17)10-13-4-6-15(25)7-5-13/h4-8,11,25H,3,9-10H2,1-2H3,(H,26,27)(H,22,23,28). The Morgan fingerprint density at radius 2 is 1.93 bits per heavy atom. The molecular weight excluding hydrogens is 406 g/mol. The summed E-state index contributed by atoms with van der Waals surface area (Å²) in [4.78, 5) is 40.7. The van der Waals surface area contributed by atoms with E-state index in [9.17, 15) is 19.5 Å². The third-order valence-corrected chi connectivity index (χ3v) is 5.39. The maximum atomic E-state index is 13.1. The number of nitrogens with zero attached hydrogens (tertiary/aromatic N) is 2. The number of carbonyl (C=O) groups is 2. The van der Waals surface area contributed by atoms with E-state index >= 15 is 0 Å². The zero-order valence-electron chi connectivity index (χ0n) is 16.5. The van der Waals surface area contributed by atoms with E-state index in [0.29, 0.717) is 12.1 Å². The summed E-state index contributed by atoms with van der Waals surface area (Å²) < 4.78 is 1.56. The van der Waals surface area contributed by atoms with Crippen LogP contribution in [0.4, 0.5) is 5.13 Å². The van der Waals surface area contributed by atoms with Gasteiger partial charge in [0.25, 0.3) is 11.5 Å². The van der Waals surface area contributed by atoms with Crippen LogP contribution in [0.5, 0.6) is 5.75 Å². The average Bonchev–Trinajstić information content (AvgIpc) is 3.12. The van der Waals surface area contributed by atoms with Crippen LogP contribution < -0.4 is 10.9 Å². The lowest BCUT2D eigenvalue weighted by Gasteiger charge is -2.16. The average molecular weight is 427 g/mol. The van der Waals surface area contributed by atoms with Crippen LogP contribution in [0.2, 0.25) is 0 Å². The van der Waals surface area contributed by atoms with Gasteiger partial charge in [-0.3, -0.25) is 19.7 Å². The summed E-state index contributed by atoms with van der Waals surface area (Å²) >= 11 is 1.10. The predicted octanol–water partition coefficient (Wildman–Crippen LogP) is 2.81. The monoisotopic (exact) mass is 427 g/mol. The Morgan fingerprint density at radius 3 is 2.57 bits per heavy atom. The lowest BCUT2D eigenvalue weighted by Crippen LogP contribution is -2.32. The molecule has 0 spiro atoms. The molecule has 0 unspecified atom stereocenters. The van der Waals surface area contributed by atoms with Crippen molar-refractivity contribution < 1.29 is 19.8 Å². The second kappa shape index (κ2) is 8.91. The van der Waals surface area contributed by atoms with Gasteiger partial charge in [-0.15, -0.1) is 11.3 Å². The molecule has 30 heavy (non-hydrogen) atoms. The molecule has 0 saturated carbocycles. The number of pyridine rings is 1. The molecule has 1 aromatic carbocycles. The van der Waals surface area contributed by atoms with Crippen LogP contribution in [0.3, 0.4) is 0 Å². The van der Waals surface area contributed by atoms with E-state index < -0.39 is 17.4 Å². The predicted molar refractivity (Wildman–Crippen MR) is 113 cm³/mol. The topological polar surface area (TPSA) is 122 Å². The number of amides is 1. The minimum Gasteiger partial charge on any atom is -0.508 e. The van der Waals surface area contributed by atoms with Crippen molar-refractivity contribution in [2.75, 3.05) is 5.32 Å². The van der Waals surface area contributed by atoms with Gasteiger partial charge in [-0.05, 0) is 42.7 Å². The van der Waals surface area contributed by atoms with E-state index in [2.05, 4.69) is 10.3 Å². The third kappa shape index (κ3) is 4.74. The molecule has 2 aromatic heterocycles. The SMILES string of the molecule is CCc1c(C)cc(C(=O)Nc2nc(CC(=O)O)cs2)c(=O)n1Cc1ccc(O)cc1. The fourth-order valence-electron chi connectivity index (χ4n) is 3.19. The lowest BCUT2D eigenvalue weighted by atomic mass is 10.1. The second-order valence-electron chi connectivity index (χ2n) is 6.77. The van der Waals surface area contributed by atoms with Gasteiger partial charge in [-0.2, -0.15) is 0 Å². The first kappa shape index (κ1) is 21.3. The number of carboxylic acids is 1. The maximum absolute atomic E-state index is 13.1. The summed E-state index contributed by atoms with van der Waals surface area (Å²) in [6, 6.07) is 8.11. The molecule has 1 amide bonds. The number of rotatable bonds is 7. The number of carboxylic acid groups (broad SMARTS) is 1. The Hall–Kier alpha value is -3.46. The van der Waals surface area contributed by atoms with Crippen LogP contribution in [0, 0.1) is 6.92 Å². The molecule has 0 bridgehead atoms. The van der Waals surface area contributed by atoms with Crippen molar-refractivity contribution in [1.29, 1.82) is 0 Å². The second-order valence-corrected chi connectivity index (χ2v) is 7.63. The van der Waals surface area contributed by atoms with Gasteiger partial charge < -0.3 is 14.8 Å². The Bertz CT molecular complexity index is 1150. The number of phenols is 1. The normalized spacial score (nSPS) is 10.7. The Morgan fingerprint density at radius 1 is 1.23 bits per heavy atom. The number of phenolic OH excluding ortho intramolecular Hbond substituents is 1. The fourth-order valence-corrected chi connectivity index (χ4v) is 3.90. The molecule has 8 nitrogen and oxygen atoms in total. The van der Waals surface area contributed by atoms with Crippen molar-refractivity contribution >= 4 is 28.3 Å². The molecule has 156 valence electrons. The van der Waals surface area contributed by atoms with Gasteiger partial charge in [0, 0.05) is 11.1 Å². The number of aliphatic carboxylic acids is 1. The van der Waals surface area contributed by atoms with Crippen LogP contribution in [0.1, 0.15) is 39.8 Å². The van der Waals surface area contributed by atoms with Crippen molar-refractivity contribution in [3.05, 3.63) is 74.1 Å². The highest BCUT2D eigenvalue weighted by Crippen LogP contribution is 2.18. The molecule has 3 rings (SSSR count). The number of hydrogen-bond acceptors (Lipinski definition) is 6. The summed E-state index contributed by atoms with van der Waals surface area (Å²) in [5.74, 6) is -1.47. The van der Waals surface area contributed by atoms with Gasteiger partial charge in [0.15, 0.2) is 5.13 Å². The number of nitrogens with one attached hydrogen (secondary N) is 1. The molecule has 0 saturated heterocycles. The van der Waals surface area contributed by atoms with E-state index in [1.807, 2.05) is 13.8 Å². The fraction of sp³-hybridized carbons (Fsp3) is 0.238. The zero-order chi connectivity index (χ0) is 21.8. The van der Waals surface area contributed by atoms with E-state index in [-0.39, 0.29) is 29.4 Å². The Kier molecular flexibility index (Phi) is 6.31. The minimum absolute atomic E-state index is 0.0153. The molecule has 0 atom stereocenters. The number of aryl methyl sites for hydroxylation is 1. The Labute approximate surface area is 176 Å². The molecule has 9 heteroatoms. The maximum Gasteiger partial charge on any atom is 0.309 e. The number of aromatic hydroxyl groups is 1. The van der Waals surface area contributed by atoms with Crippen LogP contribution >= 0.6 is 11.3 Å². The van der Waals surface area contributed by atoms with Crippen molar-refractivity contribution in [2.45, 2.75) is 33.2 Å². The molecule has 0 aliphatic rings. The number of thiazole rings is 1. The first-order valence-corrected chi connectivity index (χ1v) is 10.1. The van der Waals surface area contributed by atoms with Crippen molar-refractivity contribution in [3.8, 4) is 5.75 Å². The number of hydrogen-bond donors (Lipinski definition) is 3. The first-order chi connectivity index (χ1) is 14.3. The largest absolute Gasteiger partial charge is 0.508 e. The van der Waals surface area contributed by atoms with Crippen molar-refractivity contribution in [3.63, 3.8) is 0 Å². The van der Waals surface area contributed by atoms with Crippen LogP contribution in [-0.2, 0) is 24.2 Å². The van der Waals surface area contributed by atoms with Gasteiger partial charge in [0.2, 0.25) is 0 Å². The summed E-state index contributed by atoms with van der Waals surface area (Å²) in [5, 5.41) is 22.7. The van der Waals surface area contributed by atoms with Crippen molar-refractivity contribution in [2.24, 2.45) is 0 Å². The van der Waals surface area contributed by atoms with Crippen LogP contribution in [-0.4, -0.2) is 31.6 Å². The van der Waals surface area contributed by atoms with E-state index in [4.69, 9.17) is 5.11 Å². The number of benzene rings is 1. The van der Waals surface area contributed by atoms with E-state index in [0.717, 1.165) is 28.2 Å². The van der Waals surface area contributed by atoms with Gasteiger partial charge in [-0.1, -0.05) is 19.1 Å². The smallest absolute Gasteiger partial charge is 0.309 e. The molecule has 0 aliphatic carbocycles. The highest BCUT2D eigenvalue weighted by atomic mass is 32.1.